The van der Waals surface area contributed by atoms with Crippen molar-refractivity contribution in [2.75, 3.05) is 13.2 Å². The average molecular weight is 1160 g/mol. The van der Waals surface area contributed by atoms with E-state index in [1.165, 1.54) is 276 Å². The Bertz CT molecular complexity index is 1430. The first kappa shape index (κ1) is 80.4. The van der Waals surface area contributed by atoms with E-state index >= 15 is 0 Å². The van der Waals surface area contributed by atoms with Gasteiger partial charge >= 0.3 is 17.9 Å². The SMILES string of the molecule is CC/C=C\C/C=C\C/C=C\CCCCCCCCCC(=O)OC(COC(=O)CCCCCCC/C=C\CCCCCCC)COC(=O)CCCCCCCCCCCCCCCCCCCCCCCCCCCCCCCCCCCC. The minimum atomic E-state index is -0.782. The maximum atomic E-state index is 12.9. The normalized spacial score (nSPS) is 12.3. The number of hydrogen-bond acceptors (Lipinski definition) is 6. The van der Waals surface area contributed by atoms with Crippen LogP contribution in [0.15, 0.2) is 48.6 Å². The van der Waals surface area contributed by atoms with Crippen molar-refractivity contribution in [1.29, 1.82) is 0 Å². The van der Waals surface area contributed by atoms with Crippen LogP contribution in [0.4, 0.5) is 0 Å². The molecule has 0 aliphatic carbocycles. The highest BCUT2D eigenvalue weighted by Crippen LogP contribution is 2.19. The zero-order chi connectivity index (χ0) is 59.9. The molecule has 0 aliphatic heterocycles. The van der Waals surface area contributed by atoms with Gasteiger partial charge in [0.2, 0.25) is 0 Å². The van der Waals surface area contributed by atoms with Gasteiger partial charge in [-0.3, -0.25) is 14.4 Å². The van der Waals surface area contributed by atoms with Gasteiger partial charge in [-0.25, -0.2) is 0 Å². The summed E-state index contributed by atoms with van der Waals surface area (Å²) in [5, 5.41) is 0. The van der Waals surface area contributed by atoms with E-state index in [9.17, 15) is 14.4 Å². The molecule has 0 aromatic heterocycles. The van der Waals surface area contributed by atoms with Gasteiger partial charge in [-0.2, -0.15) is 0 Å². The van der Waals surface area contributed by atoms with Gasteiger partial charge in [0, 0.05) is 19.3 Å². The summed E-state index contributed by atoms with van der Waals surface area (Å²) in [6.45, 7) is 6.57. The summed E-state index contributed by atoms with van der Waals surface area (Å²) >= 11 is 0. The summed E-state index contributed by atoms with van der Waals surface area (Å²) in [7, 11) is 0. The van der Waals surface area contributed by atoms with Crippen LogP contribution < -0.4 is 0 Å². The lowest BCUT2D eigenvalue weighted by atomic mass is 10.0. The molecular weight excluding hydrogens is 1020 g/mol. The Balaban J connectivity index is 4.10. The number of esters is 3. The third-order valence-corrected chi connectivity index (χ3v) is 16.8. The van der Waals surface area contributed by atoms with Crippen LogP contribution in [0.3, 0.4) is 0 Å². The monoisotopic (exact) mass is 1160 g/mol. The van der Waals surface area contributed by atoms with Crippen molar-refractivity contribution in [2.24, 2.45) is 0 Å². The molecule has 0 aromatic rings. The molecule has 0 amide bonds. The van der Waals surface area contributed by atoms with Crippen molar-refractivity contribution in [3.8, 4) is 0 Å². The van der Waals surface area contributed by atoms with Gasteiger partial charge in [0.05, 0.1) is 0 Å². The van der Waals surface area contributed by atoms with E-state index < -0.39 is 6.10 Å². The number of carbonyl (C=O) groups is 3. The van der Waals surface area contributed by atoms with Gasteiger partial charge in [0.1, 0.15) is 13.2 Å². The molecule has 0 aliphatic rings. The molecule has 0 N–H and O–H groups in total. The number of rotatable bonds is 69. The topological polar surface area (TPSA) is 78.9 Å². The molecular formula is C77H142O6. The molecule has 0 spiro atoms. The summed E-state index contributed by atoms with van der Waals surface area (Å²) < 4.78 is 17.0. The lowest BCUT2D eigenvalue weighted by Crippen LogP contribution is -2.30. The quantitative estimate of drug-likeness (QED) is 0.0261. The lowest BCUT2D eigenvalue weighted by Gasteiger charge is -2.18. The predicted octanol–water partition coefficient (Wildman–Crippen LogP) is 25.7. The second kappa shape index (κ2) is 71.8. The van der Waals surface area contributed by atoms with Crippen LogP contribution in [0.1, 0.15) is 406 Å². The largest absolute Gasteiger partial charge is 0.462 e. The van der Waals surface area contributed by atoms with Crippen molar-refractivity contribution in [1.82, 2.24) is 0 Å². The molecule has 1 unspecified atom stereocenters. The third-order valence-electron chi connectivity index (χ3n) is 16.8. The maximum absolute atomic E-state index is 12.9. The smallest absolute Gasteiger partial charge is 0.306 e. The van der Waals surface area contributed by atoms with E-state index in [4.69, 9.17) is 14.2 Å². The predicted molar refractivity (Wildman–Crippen MR) is 362 cm³/mol. The minimum Gasteiger partial charge on any atom is -0.462 e. The Morgan fingerprint density at radius 3 is 0.747 bits per heavy atom. The summed E-state index contributed by atoms with van der Waals surface area (Å²) in [6.07, 6.45) is 91.8. The molecule has 0 aromatic carbocycles. The number of ether oxygens (including phenoxy) is 3. The molecule has 0 radical (unpaired) electrons. The zero-order valence-electron chi connectivity index (χ0n) is 56.0. The molecule has 0 bridgehead atoms. The van der Waals surface area contributed by atoms with E-state index in [-0.39, 0.29) is 31.1 Å². The van der Waals surface area contributed by atoms with Crippen molar-refractivity contribution in [3.05, 3.63) is 48.6 Å². The first-order valence-electron chi connectivity index (χ1n) is 37.1. The molecule has 83 heavy (non-hydrogen) atoms. The van der Waals surface area contributed by atoms with Crippen LogP contribution in [-0.2, 0) is 28.6 Å². The van der Waals surface area contributed by atoms with Gasteiger partial charge in [0.15, 0.2) is 6.10 Å². The number of unbranched alkanes of at least 4 members (excludes halogenated alkanes) is 50. The van der Waals surface area contributed by atoms with E-state index in [0.29, 0.717) is 19.3 Å². The highest BCUT2D eigenvalue weighted by molar-refractivity contribution is 5.71. The standard InChI is InChI=1S/C77H142O6/c1-4-7-10-13-16-19-22-25-28-30-31-32-33-34-35-36-37-38-39-40-41-42-43-44-45-46-48-49-52-55-58-61-64-67-70-76(79)82-73-74(72-81-75(78)69-66-63-60-57-54-51-27-24-21-18-15-12-9-6-3)83-77(80)71-68-65-62-59-56-53-50-47-29-26-23-20-17-14-11-8-5-2/h8,11,17,20,24,26-27,29,74H,4-7,9-10,12-16,18-19,21-23,25,28,30-73H2,1-3H3/b11-8-,20-17-,27-24-,29-26-. The number of carbonyl (C=O) groups excluding carboxylic acids is 3. The minimum absolute atomic E-state index is 0.0760. The van der Waals surface area contributed by atoms with Gasteiger partial charge in [-0.1, -0.05) is 358 Å². The van der Waals surface area contributed by atoms with Gasteiger partial charge < -0.3 is 14.2 Å². The van der Waals surface area contributed by atoms with E-state index in [1.54, 1.807) is 0 Å². The number of allylic oxidation sites excluding steroid dienone is 8. The fourth-order valence-corrected chi connectivity index (χ4v) is 11.3. The zero-order valence-corrected chi connectivity index (χ0v) is 56.0. The molecule has 0 heterocycles. The van der Waals surface area contributed by atoms with Gasteiger partial charge in [-0.15, -0.1) is 0 Å². The summed E-state index contributed by atoms with van der Waals surface area (Å²) in [6, 6.07) is 0. The molecule has 0 fully saturated rings. The molecule has 0 saturated carbocycles. The molecule has 6 heteroatoms. The molecule has 0 rings (SSSR count). The Kier molecular flexibility index (Phi) is 69.6. The third kappa shape index (κ3) is 70.0. The van der Waals surface area contributed by atoms with Crippen LogP contribution in [0.5, 0.6) is 0 Å². The van der Waals surface area contributed by atoms with Crippen LogP contribution in [-0.4, -0.2) is 37.2 Å². The van der Waals surface area contributed by atoms with E-state index in [1.807, 2.05) is 0 Å². The van der Waals surface area contributed by atoms with Crippen LogP contribution in [0.25, 0.3) is 0 Å². The molecule has 6 nitrogen and oxygen atoms in total. The number of hydrogen-bond donors (Lipinski definition) is 0. The first-order valence-corrected chi connectivity index (χ1v) is 37.1. The summed E-state index contributed by atoms with van der Waals surface area (Å²) in [5.41, 5.74) is 0. The van der Waals surface area contributed by atoms with Gasteiger partial charge in [0.25, 0.3) is 0 Å². The fraction of sp³-hybridized carbons (Fsp3) is 0.857. The molecule has 1 atom stereocenters. The Morgan fingerprint density at radius 1 is 0.253 bits per heavy atom. The fourth-order valence-electron chi connectivity index (χ4n) is 11.3. The van der Waals surface area contributed by atoms with Crippen LogP contribution in [0.2, 0.25) is 0 Å². The second-order valence-corrected chi connectivity index (χ2v) is 25.2. The van der Waals surface area contributed by atoms with Crippen LogP contribution >= 0.6 is 0 Å². The molecule has 0 saturated heterocycles. The highest BCUT2D eigenvalue weighted by Gasteiger charge is 2.19. The second-order valence-electron chi connectivity index (χ2n) is 25.2. The van der Waals surface area contributed by atoms with Crippen molar-refractivity contribution < 1.29 is 28.6 Å². The first-order chi connectivity index (χ1) is 41.0. The Labute approximate surface area is 518 Å². The van der Waals surface area contributed by atoms with Crippen molar-refractivity contribution >= 4 is 17.9 Å². The molecule has 486 valence electrons. The van der Waals surface area contributed by atoms with E-state index in [0.717, 1.165) is 89.9 Å². The Morgan fingerprint density at radius 2 is 0.470 bits per heavy atom. The van der Waals surface area contributed by atoms with Crippen molar-refractivity contribution in [2.45, 2.75) is 412 Å². The lowest BCUT2D eigenvalue weighted by molar-refractivity contribution is -0.167. The van der Waals surface area contributed by atoms with E-state index in [2.05, 4.69) is 69.4 Å². The summed E-state index contributed by atoms with van der Waals surface area (Å²) in [4.78, 5) is 38.4. The van der Waals surface area contributed by atoms with Crippen LogP contribution in [0, 0.1) is 0 Å². The average Bonchev–Trinajstić information content (AvgIpc) is 3.49. The van der Waals surface area contributed by atoms with Gasteiger partial charge in [-0.05, 0) is 77.0 Å². The Hall–Kier alpha value is -2.63. The van der Waals surface area contributed by atoms with Crippen molar-refractivity contribution in [3.63, 3.8) is 0 Å². The highest BCUT2D eigenvalue weighted by atomic mass is 16.6. The summed E-state index contributed by atoms with van der Waals surface area (Å²) in [5.74, 6) is -0.870. The maximum Gasteiger partial charge on any atom is 0.306 e.